The molecule has 0 fully saturated rings. The zero-order valence-electron chi connectivity index (χ0n) is 12.2. The molecule has 0 aliphatic heterocycles. The lowest BCUT2D eigenvalue weighted by Crippen LogP contribution is -2.42. The Morgan fingerprint density at radius 3 is 2.27 bits per heavy atom. The van der Waals surface area contributed by atoms with Crippen LogP contribution in [0, 0.1) is 0 Å². The third kappa shape index (κ3) is 5.59. The van der Waals surface area contributed by atoms with E-state index in [1.165, 1.54) is 0 Å². The van der Waals surface area contributed by atoms with E-state index in [-0.39, 0.29) is 6.04 Å². The molecule has 0 aromatic heterocycles. The smallest absolute Gasteiger partial charge is 0.0818 e. The Kier molecular flexibility index (Phi) is 6.68. The maximum Gasteiger partial charge on any atom is 0.0818 e. The summed E-state index contributed by atoms with van der Waals surface area (Å²) in [5.74, 6) is 0. The van der Waals surface area contributed by atoms with E-state index >= 15 is 0 Å². The second kappa shape index (κ2) is 8.51. The quantitative estimate of drug-likeness (QED) is 0.727. The molecule has 0 radical (unpaired) electrons. The van der Waals surface area contributed by atoms with Gasteiger partial charge in [-0.15, -0.1) is 0 Å². The molecule has 2 rings (SSSR count). The Hall–Kier alpha value is -1.10. The lowest BCUT2D eigenvalue weighted by molar-refractivity contribution is 0.141. The van der Waals surface area contributed by atoms with Crippen LogP contribution in [-0.4, -0.2) is 23.8 Å². The van der Waals surface area contributed by atoms with Gasteiger partial charge >= 0.3 is 0 Å². The lowest BCUT2D eigenvalue weighted by atomic mass is 10.0. The van der Waals surface area contributed by atoms with Crippen LogP contribution < -0.4 is 11.1 Å². The van der Waals surface area contributed by atoms with Crippen molar-refractivity contribution in [2.24, 2.45) is 5.73 Å². The number of aliphatic hydroxyl groups is 1. The summed E-state index contributed by atoms with van der Waals surface area (Å²) < 4.78 is 0. The molecule has 0 saturated carbocycles. The Bertz CT molecular complexity index is 572. The van der Waals surface area contributed by atoms with Gasteiger partial charge in [0.2, 0.25) is 0 Å². The highest BCUT2D eigenvalue weighted by Gasteiger charge is 2.14. The zero-order valence-corrected chi connectivity index (χ0v) is 13.7. The number of nitrogens with two attached hydrogens (primary N) is 1. The largest absolute Gasteiger partial charge is 0.390 e. The Morgan fingerprint density at radius 1 is 1.00 bits per heavy atom. The minimum Gasteiger partial charge on any atom is -0.390 e. The minimum absolute atomic E-state index is 0.308. The van der Waals surface area contributed by atoms with E-state index in [9.17, 15) is 5.11 Å². The maximum atomic E-state index is 10.1. The molecular weight excluding hydrogens is 319 g/mol. The molecule has 2 aromatic rings. The topological polar surface area (TPSA) is 58.3 Å². The summed E-state index contributed by atoms with van der Waals surface area (Å²) in [6.45, 7) is 0.994. The highest BCUT2D eigenvalue weighted by Crippen LogP contribution is 2.18. The number of nitrogens with one attached hydrogen (secondary N) is 1. The molecule has 0 heterocycles. The van der Waals surface area contributed by atoms with Gasteiger partial charge in [-0.25, -0.2) is 0 Å². The molecule has 0 unspecified atom stereocenters. The predicted octanol–water partition coefficient (Wildman–Crippen LogP) is 3.01. The molecule has 0 amide bonds. The third-order valence-electron chi connectivity index (χ3n) is 3.41. The van der Waals surface area contributed by atoms with Crippen molar-refractivity contribution in [3.8, 4) is 0 Å². The van der Waals surface area contributed by atoms with Crippen LogP contribution in [0.15, 0.2) is 48.5 Å². The van der Waals surface area contributed by atoms with Crippen molar-refractivity contribution in [2.45, 2.75) is 25.1 Å². The average molecular weight is 339 g/mol. The molecule has 0 spiro atoms. The van der Waals surface area contributed by atoms with Gasteiger partial charge in [0, 0.05) is 29.2 Å². The zero-order chi connectivity index (χ0) is 15.9. The average Bonchev–Trinajstić information content (AvgIpc) is 2.47. The van der Waals surface area contributed by atoms with Crippen molar-refractivity contribution < 1.29 is 5.11 Å². The fourth-order valence-corrected chi connectivity index (χ4v) is 2.82. The summed E-state index contributed by atoms with van der Waals surface area (Å²) in [6.07, 6.45) is 0.0296. The third-order valence-corrected chi connectivity index (χ3v) is 3.85. The first-order valence-electron chi connectivity index (χ1n) is 7.18. The molecule has 0 saturated heterocycles. The standard InChI is InChI=1S/C17H20Cl2N2O/c18-14-6-13(7-15(19)9-14)10-21-11-17(22)16(20)8-12-4-2-1-3-5-12/h1-7,9,16-17,21-22H,8,10-11,20H2/t16-,17+/m0/s1. The van der Waals surface area contributed by atoms with Crippen LogP contribution in [0.4, 0.5) is 0 Å². The Morgan fingerprint density at radius 2 is 1.64 bits per heavy atom. The van der Waals surface area contributed by atoms with Crippen molar-refractivity contribution >= 4 is 23.2 Å². The van der Waals surface area contributed by atoms with Crippen LogP contribution in [0.3, 0.4) is 0 Å². The van der Waals surface area contributed by atoms with Crippen LogP contribution >= 0.6 is 23.2 Å². The molecule has 0 aliphatic rings. The van der Waals surface area contributed by atoms with Gasteiger partial charge < -0.3 is 16.2 Å². The highest BCUT2D eigenvalue weighted by molar-refractivity contribution is 6.34. The molecule has 3 nitrogen and oxygen atoms in total. The number of hydrogen-bond acceptors (Lipinski definition) is 3. The molecule has 2 aromatic carbocycles. The lowest BCUT2D eigenvalue weighted by Gasteiger charge is -2.19. The van der Waals surface area contributed by atoms with Crippen molar-refractivity contribution in [2.75, 3.05) is 6.54 Å². The van der Waals surface area contributed by atoms with Crippen LogP contribution in [0.25, 0.3) is 0 Å². The molecule has 0 aliphatic carbocycles. The van der Waals surface area contributed by atoms with E-state index in [0.29, 0.717) is 29.6 Å². The number of hydrogen-bond donors (Lipinski definition) is 3. The molecule has 5 heteroatoms. The van der Waals surface area contributed by atoms with Crippen LogP contribution in [0.2, 0.25) is 10.0 Å². The fourth-order valence-electron chi connectivity index (χ4n) is 2.25. The molecule has 118 valence electrons. The van der Waals surface area contributed by atoms with Crippen molar-refractivity contribution in [3.63, 3.8) is 0 Å². The van der Waals surface area contributed by atoms with Crippen molar-refractivity contribution in [3.05, 3.63) is 69.7 Å². The van der Waals surface area contributed by atoms with E-state index in [1.807, 2.05) is 42.5 Å². The first-order chi connectivity index (χ1) is 10.5. The van der Waals surface area contributed by atoms with Crippen LogP contribution in [-0.2, 0) is 13.0 Å². The van der Waals surface area contributed by atoms with E-state index in [4.69, 9.17) is 28.9 Å². The Labute approximate surface area is 141 Å². The normalized spacial score (nSPS) is 13.8. The van der Waals surface area contributed by atoms with Crippen LogP contribution in [0.1, 0.15) is 11.1 Å². The first kappa shape index (κ1) is 17.3. The number of halogens is 2. The summed E-state index contributed by atoms with van der Waals surface area (Å²) >= 11 is 11.9. The number of aliphatic hydroxyl groups excluding tert-OH is 1. The maximum absolute atomic E-state index is 10.1. The van der Waals surface area contributed by atoms with Gasteiger partial charge in [0.25, 0.3) is 0 Å². The summed E-state index contributed by atoms with van der Waals surface area (Å²) in [7, 11) is 0. The second-order valence-electron chi connectivity index (χ2n) is 5.33. The molecule has 0 bridgehead atoms. The van der Waals surface area contributed by atoms with Gasteiger partial charge in [-0.05, 0) is 35.7 Å². The highest BCUT2D eigenvalue weighted by atomic mass is 35.5. The van der Waals surface area contributed by atoms with E-state index in [2.05, 4.69) is 5.32 Å². The van der Waals surface area contributed by atoms with Gasteiger partial charge in [0.05, 0.1) is 6.10 Å². The summed E-state index contributed by atoms with van der Waals surface area (Å²) in [5, 5.41) is 14.5. The van der Waals surface area contributed by atoms with Crippen molar-refractivity contribution in [1.82, 2.24) is 5.32 Å². The summed E-state index contributed by atoms with van der Waals surface area (Å²) in [6, 6.07) is 15.0. The van der Waals surface area contributed by atoms with Gasteiger partial charge in [0.1, 0.15) is 0 Å². The van der Waals surface area contributed by atoms with Gasteiger partial charge in [-0.3, -0.25) is 0 Å². The van der Waals surface area contributed by atoms with E-state index in [1.54, 1.807) is 6.07 Å². The predicted molar refractivity (Wildman–Crippen MR) is 92.3 cm³/mol. The van der Waals surface area contributed by atoms with Gasteiger partial charge in [0.15, 0.2) is 0 Å². The van der Waals surface area contributed by atoms with Crippen LogP contribution in [0.5, 0.6) is 0 Å². The van der Waals surface area contributed by atoms with Crippen molar-refractivity contribution in [1.29, 1.82) is 0 Å². The van der Waals surface area contributed by atoms with E-state index < -0.39 is 6.10 Å². The SMILES string of the molecule is N[C@@H](Cc1ccccc1)[C@H](O)CNCc1cc(Cl)cc(Cl)c1. The van der Waals surface area contributed by atoms with Gasteiger partial charge in [-0.2, -0.15) is 0 Å². The minimum atomic E-state index is -0.616. The molecule has 4 N–H and O–H groups in total. The molecule has 22 heavy (non-hydrogen) atoms. The Balaban J connectivity index is 1.78. The van der Waals surface area contributed by atoms with E-state index in [0.717, 1.165) is 11.1 Å². The summed E-state index contributed by atoms with van der Waals surface area (Å²) in [4.78, 5) is 0. The monoisotopic (exact) mass is 338 g/mol. The number of benzene rings is 2. The summed E-state index contributed by atoms with van der Waals surface area (Å²) in [5.41, 5.74) is 8.14. The number of rotatable bonds is 7. The fraction of sp³-hybridized carbons (Fsp3) is 0.294. The first-order valence-corrected chi connectivity index (χ1v) is 7.93. The molecular formula is C17H20Cl2N2O. The van der Waals surface area contributed by atoms with Gasteiger partial charge in [-0.1, -0.05) is 53.5 Å². The second-order valence-corrected chi connectivity index (χ2v) is 6.20. The molecule has 2 atom stereocenters.